The molecule has 0 spiro atoms. The minimum Gasteiger partial charge on any atom is -0.396 e. The first-order chi connectivity index (χ1) is 4.33. The highest BCUT2D eigenvalue weighted by Gasteiger charge is 1.70. The molecule has 3 heteroatoms. The third-order valence-corrected chi connectivity index (χ3v) is 0.605. The molecule has 0 radical (unpaired) electrons. The van der Waals surface area contributed by atoms with Crippen LogP contribution < -0.4 is 0 Å². The van der Waals surface area contributed by atoms with Crippen LogP contribution in [0, 0.1) is 0 Å². The van der Waals surface area contributed by atoms with Crippen LogP contribution in [0.1, 0.15) is 13.3 Å². The summed E-state index contributed by atoms with van der Waals surface area (Å²) in [6.07, 6.45) is 0.500. The molecule has 0 aliphatic heterocycles. The van der Waals surface area contributed by atoms with Gasteiger partial charge in [-0.05, 0) is 13.3 Å². The van der Waals surface area contributed by atoms with Crippen LogP contribution in [-0.4, -0.2) is 37.1 Å². The lowest BCUT2D eigenvalue weighted by Gasteiger charge is -1.79. The molecule has 2 N–H and O–H groups in total. The molecule has 58 valence electrons. The molecule has 0 aromatic rings. The summed E-state index contributed by atoms with van der Waals surface area (Å²) in [5.41, 5.74) is 0. The van der Waals surface area contributed by atoms with E-state index in [0.717, 1.165) is 6.61 Å². The first-order valence-corrected chi connectivity index (χ1v) is 3.04. The molecule has 3 nitrogen and oxygen atoms in total. The smallest absolute Gasteiger partial charge is 0.0452 e. The van der Waals surface area contributed by atoms with E-state index in [1.165, 1.54) is 0 Å². The average molecular weight is 136 g/mol. The SMILES string of the molecule is CCOC.OCCCO. The molecular formula is C6H16O3. The van der Waals surface area contributed by atoms with Gasteiger partial charge in [0.25, 0.3) is 0 Å². The van der Waals surface area contributed by atoms with Gasteiger partial charge in [-0.2, -0.15) is 0 Å². The summed E-state index contributed by atoms with van der Waals surface area (Å²) in [4.78, 5) is 0. The molecule has 0 rings (SSSR count). The second-order valence-corrected chi connectivity index (χ2v) is 1.38. The van der Waals surface area contributed by atoms with Crippen molar-refractivity contribution in [3.63, 3.8) is 0 Å². The van der Waals surface area contributed by atoms with Gasteiger partial charge in [-0.3, -0.25) is 0 Å². The maximum Gasteiger partial charge on any atom is 0.0452 e. The molecule has 0 atom stereocenters. The van der Waals surface area contributed by atoms with Crippen LogP contribution in [0.3, 0.4) is 0 Å². The van der Waals surface area contributed by atoms with Crippen LogP contribution in [-0.2, 0) is 4.74 Å². The van der Waals surface area contributed by atoms with Crippen LogP contribution in [0.4, 0.5) is 0 Å². The van der Waals surface area contributed by atoms with Crippen molar-refractivity contribution in [2.75, 3.05) is 26.9 Å². The Morgan fingerprint density at radius 3 is 1.56 bits per heavy atom. The monoisotopic (exact) mass is 136 g/mol. The van der Waals surface area contributed by atoms with Gasteiger partial charge in [0.15, 0.2) is 0 Å². The lowest BCUT2D eigenvalue weighted by Crippen LogP contribution is -1.85. The standard InChI is InChI=1S/C3H8O2.C3H8O/c4-2-1-3-5;1-3-4-2/h4-5H,1-3H2;3H2,1-2H3. The first kappa shape index (κ1) is 11.6. The van der Waals surface area contributed by atoms with Gasteiger partial charge in [-0.1, -0.05) is 0 Å². The number of aliphatic hydroxyl groups is 2. The summed E-state index contributed by atoms with van der Waals surface area (Å²) in [6.45, 7) is 2.97. The second-order valence-electron chi connectivity index (χ2n) is 1.38. The largest absolute Gasteiger partial charge is 0.396 e. The van der Waals surface area contributed by atoms with Crippen molar-refractivity contribution in [3.05, 3.63) is 0 Å². The van der Waals surface area contributed by atoms with E-state index in [2.05, 4.69) is 4.74 Å². The summed E-state index contributed by atoms with van der Waals surface area (Å²) in [5, 5.41) is 15.8. The number of aliphatic hydroxyl groups excluding tert-OH is 2. The normalized spacial score (nSPS) is 8.00. The molecule has 0 aromatic carbocycles. The Hall–Kier alpha value is -0.120. The maximum absolute atomic E-state index is 7.91. The van der Waals surface area contributed by atoms with Crippen LogP contribution in [0.15, 0.2) is 0 Å². The Kier molecular flexibility index (Phi) is 20.3. The first-order valence-electron chi connectivity index (χ1n) is 3.04. The molecule has 0 aromatic heterocycles. The van der Waals surface area contributed by atoms with Gasteiger partial charge in [-0.15, -0.1) is 0 Å². The third kappa shape index (κ3) is 32.8. The predicted octanol–water partition coefficient (Wildman–Crippen LogP) is 0.0138. The summed E-state index contributed by atoms with van der Waals surface area (Å²) in [5.74, 6) is 0. The summed E-state index contributed by atoms with van der Waals surface area (Å²) in [7, 11) is 1.68. The molecule has 9 heavy (non-hydrogen) atoms. The molecule has 0 saturated heterocycles. The summed E-state index contributed by atoms with van der Waals surface area (Å²) < 4.78 is 4.54. The van der Waals surface area contributed by atoms with E-state index in [4.69, 9.17) is 10.2 Å². The molecule has 0 aliphatic carbocycles. The van der Waals surface area contributed by atoms with Gasteiger partial charge < -0.3 is 14.9 Å². The van der Waals surface area contributed by atoms with E-state index >= 15 is 0 Å². The van der Waals surface area contributed by atoms with E-state index in [1.807, 2.05) is 6.92 Å². The number of hydrogen-bond acceptors (Lipinski definition) is 3. The zero-order valence-corrected chi connectivity index (χ0v) is 6.13. The zero-order chi connectivity index (χ0) is 7.54. The predicted molar refractivity (Wildman–Crippen MR) is 36.3 cm³/mol. The van der Waals surface area contributed by atoms with Gasteiger partial charge >= 0.3 is 0 Å². The lowest BCUT2D eigenvalue weighted by atomic mass is 10.5. The Labute approximate surface area is 56.3 Å². The summed E-state index contributed by atoms with van der Waals surface area (Å²) in [6, 6.07) is 0. The highest BCUT2D eigenvalue weighted by Crippen LogP contribution is 1.65. The minimum absolute atomic E-state index is 0.0938. The molecule has 0 amide bonds. The Morgan fingerprint density at radius 1 is 1.22 bits per heavy atom. The Bertz CT molecular complexity index is 27.5. The fourth-order valence-corrected chi connectivity index (χ4v) is 0.0707. The van der Waals surface area contributed by atoms with Crippen molar-refractivity contribution in [2.45, 2.75) is 13.3 Å². The maximum atomic E-state index is 7.91. The molecular weight excluding hydrogens is 120 g/mol. The topological polar surface area (TPSA) is 49.7 Å². The molecule has 0 fully saturated rings. The van der Waals surface area contributed by atoms with Gasteiger partial charge in [0.1, 0.15) is 0 Å². The lowest BCUT2D eigenvalue weighted by molar-refractivity contribution is 0.215. The van der Waals surface area contributed by atoms with Gasteiger partial charge in [0, 0.05) is 26.9 Å². The van der Waals surface area contributed by atoms with Crippen LogP contribution in [0.25, 0.3) is 0 Å². The van der Waals surface area contributed by atoms with Gasteiger partial charge in [-0.25, -0.2) is 0 Å². The van der Waals surface area contributed by atoms with Crippen molar-refractivity contribution in [3.8, 4) is 0 Å². The quantitative estimate of drug-likeness (QED) is 0.574. The number of methoxy groups -OCH3 is 1. The van der Waals surface area contributed by atoms with E-state index < -0.39 is 0 Å². The Morgan fingerprint density at radius 2 is 1.56 bits per heavy atom. The van der Waals surface area contributed by atoms with Gasteiger partial charge in [0.05, 0.1) is 0 Å². The van der Waals surface area contributed by atoms with E-state index in [0.29, 0.717) is 6.42 Å². The van der Waals surface area contributed by atoms with Crippen molar-refractivity contribution in [1.29, 1.82) is 0 Å². The van der Waals surface area contributed by atoms with Crippen molar-refractivity contribution in [2.24, 2.45) is 0 Å². The highest BCUT2D eigenvalue weighted by molar-refractivity contribution is 4.22. The number of rotatable bonds is 3. The minimum atomic E-state index is 0.0938. The Balaban J connectivity index is 0. The molecule has 0 unspecified atom stereocenters. The van der Waals surface area contributed by atoms with Gasteiger partial charge in [0.2, 0.25) is 0 Å². The van der Waals surface area contributed by atoms with Crippen molar-refractivity contribution in [1.82, 2.24) is 0 Å². The highest BCUT2D eigenvalue weighted by atomic mass is 16.5. The molecule has 0 heterocycles. The average Bonchev–Trinajstić information content (AvgIpc) is 1.91. The van der Waals surface area contributed by atoms with Crippen LogP contribution >= 0.6 is 0 Å². The third-order valence-electron chi connectivity index (χ3n) is 0.605. The van der Waals surface area contributed by atoms with Crippen LogP contribution in [0.5, 0.6) is 0 Å². The fraction of sp³-hybridized carbons (Fsp3) is 1.00. The second kappa shape index (κ2) is 15.7. The van der Waals surface area contributed by atoms with E-state index in [9.17, 15) is 0 Å². The van der Waals surface area contributed by atoms with Crippen molar-refractivity contribution >= 4 is 0 Å². The summed E-state index contributed by atoms with van der Waals surface area (Å²) >= 11 is 0. The van der Waals surface area contributed by atoms with E-state index in [1.54, 1.807) is 7.11 Å². The molecule has 0 bridgehead atoms. The van der Waals surface area contributed by atoms with Crippen molar-refractivity contribution < 1.29 is 14.9 Å². The number of hydrogen-bond donors (Lipinski definition) is 2. The van der Waals surface area contributed by atoms with E-state index in [-0.39, 0.29) is 13.2 Å². The zero-order valence-electron chi connectivity index (χ0n) is 6.13. The van der Waals surface area contributed by atoms with Crippen LogP contribution in [0.2, 0.25) is 0 Å². The fourth-order valence-electron chi connectivity index (χ4n) is 0.0707. The molecule has 0 aliphatic rings. The molecule has 0 saturated carbocycles. The number of ether oxygens (including phenoxy) is 1.